The summed E-state index contributed by atoms with van der Waals surface area (Å²) in [6.07, 6.45) is 3.76. The molecule has 2 N–H and O–H groups in total. The molecular weight excluding hydrogens is 263 g/mol. The van der Waals surface area contributed by atoms with Gasteiger partial charge in [0.25, 0.3) is 0 Å². The van der Waals surface area contributed by atoms with E-state index in [4.69, 9.17) is 23.2 Å². The predicted octanol–water partition coefficient (Wildman–Crippen LogP) is 1.72. The molecule has 1 aliphatic rings. The molecule has 1 saturated carbocycles. The Bertz CT molecular complexity index is 423. The van der Waals surface area contributed by atoms with Crippen molar-refractivity contribution in [3.05, 3.63) is 16.5 Å². The molecule has 0 aliphatic heterocycles. The molecular formula is C10H12Cl2N4O. The number of nitrogens with one attached hydrogen (secondary N) is 2. The van der Waals surface area contributed by atoms with Crippen LogP contribution in [0.2, 0.25) is 10.2 Å². The lowest BCUT2D eigenvalue weighted by Gasteiger charge is -2.07. The minimum Gasteiger partial charge on any atom is -0.308 e. The molecule has 0 spiro atoms. The van der Waals surface area contributed by atoms with Crippen molar-refractivity contribution in [1.29, 1.82) is 0 Å². The van der Waals surface area contributed by atoms with Gasteiger partial charge in [-0.3, -0.25) is 4.79 Å². The Morgan fingerprint density at radius 2 is 2.18 bits per heavy atom. The number of carbonyl (C=O) groups excluding carboxylic acids is 1. The Kier molecular flexibility index (Phi) is 4.15. The molecule has 1 aliphatic carbocycles. The van der Waals surface area contributed by atoms with Gasteiger partial charge in [-0.25, -0.2) is 9.97 Å². The molecule has 0 aromatic carbocycles. The van der Waals surface area contributed by atoms with Gasteiger partial charge >= 0.3 is 0 Å². The molecule has 1 aromatic rings. The molecule has 0 unspecified atom stereocenters. The summed E-state index contributed by atoms with van der Waals surface area (Å²) < 4.78 is 0. The summed E-state index contributed by atoms with van der Waals surface area (Å²) in [4.78, 5) is 19.1. The van der Waals surface area contributed by atoms with Gasteiger partial charge in [0.05, 0.1) is 6.54 Å². The highest BCUT2D eigenvalue weighted by Gasteiger charge is 2.20. The monoisotopic (exact) mass is 274 g/mol. The van der Waals surface area contributed by atoms with Crippen LogP contribution in [0, 0.1) is 5.92 Å². The Balaban J connectivity index is 1.82. The van der Waals surface area contributed by atoms with Crippen molar-refractivity contribution >= 4 is 34.9 Å². The lowest BCUT2D eigenvalue weighted by molar-refractivity contribution is -0.115. The summed E-state index contributed by atoms with van der Waals surface area (Å²) in [6.45, 7) is 1.13. The van der Waals surface area contributed by atoms with E-state index in [-0.39, 0.29) is 28.4 Å². The van der Waals surface area contributed by atoms with Gasteiger partial charge in [-0.15, -0.1) is 0 Å². The highest BCUT2D eigenvalue weighted by molar-refractivity contribution is 6.42. The van der Waals surface area contributed by atoms with Crippen LogP contribution < -0.4 is 10.6 Å². The standard InChI is InChI=1S/C10H12Cl2N4O/c11-8-9(12)14-5-15-10(8)16-7(17)4-13-3-6-1-2-6/h5-6,13H,1-4H2,(H,14,15,16,17). The van der Waals surface area contributed by atoms with Crippen LogP contribution in [0.3, 0.4) is 0 Å². The number of nitrogens with zero attached hydrogens (tertiary/aromatic N) is 2. The number of anilines is 1. The van der Waals surface area contributed by atoms with Gasteiger partial charge in [0.15, 0.2) is 11.0 Å². The van der Waals surface area contributed by atoms with Crippen LogP contribution in [0.5, 0.6) is 0 Å². The number of halogens is 2. The summed E-state index contributed by atoms with van der Waals surface area (Å²) >= 11 is 11.5. The first kappa shape index (κ1) is 12.5. The molecule has 0 atom stereocenters. The van der Waals surface area contributed by atoms with Crippen LogP contribution in [0.4, 0.5) is 5.82 Å². The van der Waals surface area contributed by atoms with Crippen molar-refractivity contribution in [2.75, 3.05) is 18.4 Å². The summed E-state index contributed by atoms with van der Waals surface area (Å²) in [7, 11) is 0. The van der Waals surface area contributed by atoms with Gasteiger partial charge in [0, 0.05) is 0 Å². The number of aromatic nitrogens is 2. The highest BCUT2D eigenvalue weighted by atomic mass is 35.5. The van der Waals surface area contributed by atoms with Gasteiger partial charge in [-0.05, 0) is 25.3 Å². The molecule has 1 aromatic heterocycles. The number of hydrogen-bond donors (Lipinski definition) is 2. The molecule has 2 rings (SSSR count). The SMILES string of the molecule is O=C(CNCC1CC1)Nc1ncnc(Cl)c1Cl. The third kappa shape index (κ3) is 3.80. The fraction of sp³-hybridized carbons (Fsp3) is 0.500. The summed E-state index contributed by atoms with van der Waals surface area (Å²) in [5.41, 5.74) is 0. The summed E-state index contributed by atoms with van der Waals surface area (Å²) in [5, 5.41) is 5.93. The van der Waals surface area contributed by atoms with Crippen molar-refractivity contribution < 1.29 is 4.79 Å². The van der Waals surface area contributed by atoms with Crippen molar-refractivity contribution in [1.82, 2.24) is 15.3 Å². The van der Waals surface area contributed by atoms with E-state index in [2.05, 4.69) is 20.6 Å². The van der Waals surface area contributed by atoms with Gasteiger partial charge in [-0.2, -0.15) is 0 Å². The van der Waals surface area contributed by atoms with E-state index in [0.717, 1.165) is 12.5 Å². The maximum absolute atomic E-state index is 11.5. The second-order valence-electron chi connectivity index (χ2n) is 3.95. The Labute approximate surface area is 109 Å². The molecule has 7 heteroatoms. The second kappa shape index (κ2) is 5.62. The third-order valence-electron chi connectivity index (χ3n) is 2.42. The predicted molar refractivity (Wildman–Crippen MR) is 66.3 cm³/mol. The Morgan fingerprint density at radius 3 is 2.88 bits per heavy atom. The molecule has 0 saturated heterocycles. The van der Waals surface area contributed by atoms with E-state index in [0.29, 0.717) is 0 Å². The molecule has 17 heavy (non-hydrogen) atoms. The number of hydrogen-bond acceptors (Lipinski definition) is 4. The molecule has 5 nitrogen and oxygen atoms in total. The van der Waals surface area contributed by atoms with Gasteiger partial charge in [-0.1, -0.05) is 23.2 Å². The quantitative estimate of drug-likeness (QED) is 0.803. The van der Waals surface area contributed by atoms with Crippen LogP contribution in [0.25, 0.3) is 0 Å². The van der Waals surface area contributed by atoms with E-state index >= 15 is 0 Å². The van der Waals surface area contributed by atoms with E-state index < -0.39 is 0 Å². The topological polar surface area (TPSA) is 66.9 Å². The van der Waals surface area contributed by atoms with Crippen LogP contribution in [-0.4, -0.2) is 29.0 Å². The Morgan fingerprint density at radius 1 is 1.41 bits per heavy atom. The number of rotatable bonds is 5. The lowest BCUT2D eigenvalue weighted by Crippen LogP contribution is -2.29. The molecule has 1 amide bonds. The fourth-order valence-electron chi connectivity index (χ4n) is 1.32. The third-order valence-corrected chi connectivity index (χ3v) is 3.16. The highest BCUT2D eigenvalue weighted by Crippen LogP contribution is 2.27. The normalized spacial score (nSPS) is 14.7. The van der Waals surface area contributed by atoms with E-state index in [1.54, 1.807) is 0 Å². The van der Waals surface area contributed by atoms with Gasteiger partial charge in [0.1, 0.15) is 11.3 Å². The zero-order chi connectivity index (χ0) is 12.3. The average Bonchev–Trinajstić information content (AvgIpc) is 3.09. The Hall–Kier alpha value is -0.910. The van der Waals surface area contributed by atoms with Gasteiger partial charge in [0.2, 0.25) is 5.91 Å². The average molecular weight is 275 g/mol. The first-order valence-corrected chi connectivity index (χ1v) is 6.09. The van der Waals surface area contributed by atoms with E-state index in [9.17, 15) is 4.79 Å². The van der Waals surface area contributed by atoms with Crippen LogP contribution >= 0.6 is 23.2 Å². The minimum absolute atomic E-state index is 0.128. The maximum atomic E-state index is 11.5. The fourth-order valence-corrected chi connectivity index (χ4v) is 1.60. The summed E-state index contributed by atoms with van der Waals surface area (Å²) in [6, 6.07) is 0. The molecule has 0 radical (unpaired) electrons. The van der Waals surface area contributed by atoms with Crippen molar-refractivity contribution in [2.24, 2.45) is 5.92 Å². The molecule has 92 valence electrons. The molecule has 1 fully saturated rings. The van der Waals surface area contributed by atoms with Crippen molar-refractivity contribution in [3.63, 3.8) is 0 Å². The maximum Gasteiger partial charge on any atom is 0.239 e. The molecule has 0 bridgehead atoms. The van der Waals surface area contributed by atoms with Crippen LogP contribution in [-0.2, 0) is 4.79 Å². The summed E-state index contributed by atoms with van der Waals surface area (Å²) in [5.74, 6) is 0.784. The van der Waals surface area contributed by atoms with Crippen molar-refractivity contribution in [2.45, 2.75) is 12.8 Å². The number of amides is 1. The zero-order valence-corrected chi connectivity index (χ0v) is 10.6. The lowest BCUT2D eigenvalue weighted by atomic mass is 10.4. The van der Waals surface area contributed by atoms with Gasteiger partial charge < -0.3 is 10.6 Å². The smallest absolute Gasteiger partial charge is 0.239 e. The minimum atomic E-state index is -0.192. The largest absolute Gasteiger partial charge is 0.308 e. The zero-order valence-electron chi connectivity index (χ0n) is 9.04. The molecule has 1 heterocycles. The van der Waals surface area contributed by atoms with E-state index in [1.807, 2.05) is 0 Å². The van der Waals surface area contributed by atoms with Crippen LogP contribution in [0.15, 0.2) is 6.33 Å². The van der Waals surface area contributed by atoms with Crippen molar-refractivity contribution in [3.8, 4) is 0 Å². The first-order chi connectivity index (χ1) is 8.16. The second-order valence-corrected chi connectivity index (χ2v) is 4.69. The first-order valence-electron chi connectivity index (χ1n) is 5.33. The van der Waals surface area contributed by atoms with E-state index in [1.165, 1.54) is 19.2 Å². The van der Waals surface area contributed by atoms with Crippen LogP contribution in [0.1, 0.15) is 12.8 Å². The number of carbonyl (C=O) groups is 1.